The summed E-state index contributed by atoms with van der Waals surface area (Å²) in [6.07, 6.45) is -34.1. The van der Waals surface area contributed by atoms with Crippen LogP contribution in [0.25, 0.3) is 45.0 Å². The van der Waals surface area contributed by atoms with Crippen LogP contribution in [0.5, 0.6) is 23.5 Å². The van der Waals surface area contributed by atoms with Gasteiger partial charge in [-0.3, -0.25) is 39.1 Å². The van der Waals surface area contributed by atoms with Gasteiger partial charge in [0, 0.05) is 96.1 Å². The Kier molecular flexibility index (Phi) is 64.8. The van der Waals surface area contributed by atoms with Crippen LogP contribution in [0.15, 0.2) is 170 Å². The Hall–Kier alpha value is -9.00. The Morgan fingerprint density at radius 3 is 0.531 bits per heavy atom. The number of rotatable bonds is 12. The molecule has 0 bridgehead atoms. The van der Waals surface area contributed by atoms with Gasteiger partial charge in [0.2, 0.25) is 47.3 Å². The molecule has 0 spiro atoms. The summed E-state index contributed by atoms with van der Waals surface area (Å²) in [7, 11) is 6.15. The minimum Gasteiger partial charge on any atom is -0.869 e. The van der Waals surface area contributed by atoms with Crippen LogP contribution in [0.3, 0.4) is 0 Å². The third kappa shape index (κ3) is 65.5. The molecule has 0 aromatic carbocycles. The quantitative estimate of drug-likeness (QED) is 0.0290. The van der Waals surface area contributed by atoms with E-state index in [9.17, 15) is 145 Å². The molecule has 0 fully saturated rings. The molecule has 8 rings (SSSR count). The van der Waals surface area contributed by atoms with Crippen LogP contribution in [0.1, 0.15) is 0 Å². The second kappa shape index (κ2) is 64.0. The van der Waals surface area contributed by atoms with Crippen molar-refractivity contribution in [1.82, 2.24) is 59.8 Å². The molecule has 0 saturated heterocycles. The maximum Gasteiger partial charge on any atom is 2.00 e. The molecular weight excluding hydrogens is 2190 g/mol. The van der Waals surface area contributed by atoms with Crippen molar-refractivity contribution in [2.45, 2.75) is 66.6 Å². The van der Waals surface area contributed by atoms with Crippen LogP contribution in [-0.2, 0) is 53.3 Å². The van der Waals surface area contributed by atoms with E-state index >= 15 is 0 Å². The first-order valence-corrected chi connectivity index (χ1v) is 35.9. The maximum atomic E-state index is 11.3. The number of aromatic nitrogens is 12. The summed E-state index contributed by atoms with van der Waals surface area (Å²) < 4.78 is 288. The Morgan fingerprint density at radius 1 is 0.292 bits per heavy atom. The standard InChI is InChI=1S/4C10H10N4O.4C5H2F6O2.4CHCl3.2Cu/c4*1-15-9-5-8(13-10(11)14-9)7-3-2-4-12-6-7;4*6-4(7,8)2(12)1-3(13)5(9,10)11;4*2-1(3)4;;/h4*2-6H,1H3,(H2,11,13,14);4*1,12H;4*1H;;/q;;;;;;;;;;;;2*+2/p-4/b;;;;4*2-1-;;;;;;. The van der Waals surface area contributed by atoms with Crippen molar-refractivity contribution >= 4 is 186 Å². The number of halogens is 36. The monoisotopic (exact) mass is 2230 g/mol. The summed E-state index contributed by atoms with van der Waals surface area (Å²) in [5.74, 6) is -20.1. The molecule has 66 heteroatoms. The first-order chi connectivity index (χ1) is 58.3. The number of carbonyl (C=O) groups excluding carboxylic acids is 4. The van der Waals surface area contributed by atoms with Gasteiger partial charge in [0.05, 0.1) is 51.2 Å². The van der Waals surface area contributed by atoms with Gasteiger partial charge >= 0.3 is 83.5 Å². The number of alkyl halides is 36. The average molecular weight is 2240 g/mol. The van der Waals surface area contributed by atoms with E-state index in [1.807, 2.05) is 48.5 Å². The normalized spacial score (nSPS) is 11.5. The molecule has 130 heavy (non-hydrogen) atoms. The second-order valence-electron chi connectivity index (χ2n) is 20.0. The zero-order valence-corrected chi connectivity index (χ0v) is 73.9. The van der Waals surface area contributed by atoms with Gasteiger partial charge in [-0.15, -0.1) is 0 Å². The number of allylic oxidation sites excluding steroid dienone is 8. The maximum absolute atomic E-state index is 11.3. The Labute approximate surface area is 794 Å². The predicted octanol–water partition coefficient (Wildman–Crippen LogP) is 16.2. The zero-order valence-electron chi connectivity index (χ0n) is 63.0. The number of ether oxygens (including phenoxy) is 4. The molecule has 0 atom stereocenters. The molecular formula is C64H48Cl12Cu2F24N16O12. The van der Waals surface area contributed by atoms with Gasteiger partial charge in [-0.05, 0) is 95.9 Å². The fourth-order valence-corrected chi connectivity index (χ4v) is 5.97. The van der Waals surface area contributed by atoms with Crippen molar-refractivity contribution in [3.63, 3.8) is 0 Å². The number of anilines is 4. The van der Waals surface area contributed by atoms with Crippen molar-refractivity contribution in [3.05, 3.63) is 170 Å². The summed E-state index contributed by atoms with van der Waals surface area (Å²) in [4.78, 5) is 87.3. The summed E-state index contributed by atoms with van der Waals surface area (Å²) in [5.41, 5.74) is 28.5. The number of pyridine rings is 4. The minimum absolute atomic E-state index is 0. The van der Waals surface area contributed by atoms with E-state index in [1.165, 1.54) is 28.4 Å². The fourth-order valence-electron chi connectivity index (χ4n) is 5.97. The van der Waals surface area contributed by atoms with Crippen molar-refractivity contribution in [1.29, 1.82) is 0 Å². The van der Waals surface area contributed by atoms with Gasteiger partial charge in [-0.2, -0.15) is 125 Å². The summed E-state index contributed by atoms with van der Waals surface area (Å²) in [6.45, 7) is 0. The van der Waals surface area contributed by atoms with E-state index in [-0.39, 0.29) is 57.9 Å². The molecule has 8 N–H and O–H groups in total. The van der Waals surface area contributed by atoms with E-state index in [2.05, 4.69) is 59.8 Å². The number of hydrogen-bond donors (Lipinski definition) is 4. The molecule has 2 radical (unpaired) electrons. The van der Waals surface area contributed by atoms with Gasteiger partial charge in [0.1, 0.15) is 0 Å². The van der Waals surface area contributed by atoms with Crippen LogP contribution < -0.4 is 62.3 Å². The third-order valence-corrected chi connectivity index (χ3v) is 10.8. The largest absolute Gasteiger partial charge is 2.00 e. The predicted molar refractivity (Wildman–Crippen MR) is 411 cm³/mol. The molecule has 0 aliphatic heterocycles. The number of nitrogens with two attached hydrogens (primary N) is 4. The van der Waals surface area contributed by atoms with Crippen molar-refractivity contribution in [2.75, 3.05) is 51.4 Å². The molecule has 0 unspecified atom stereocenters. The fraction of sp³-hybridized carbons (Fsp3) is 0.250. The number of methoxy groups -OCH3 is 4. The van der Waals surface area contributed by atoms with Gasteiger partial charge in [-0.1, -0.05) is 139 Å². The first kappa shape index (κ1) is 132. The van der Waals surface area contributed by atoms with E-state index < -0.39 is 137 Å². The van der Waals surface area contributed by atoms with Crippen LogP contribution in [0.4, 0.5) is 129 Å². The molecule has 28 nitrogen and oxygen atoms in total. The smallest absolute Gasteiger partial charge is 0.869 e. The SMILES string of the molecule is COc1cc(-c2cccnc2)nc(N)n1.COc1cc(-c2cccnc2)nc(N)n1.COc1cc(-c2cccnc2)nc(N)n1.COc1cc(-c2cccnc2)nc(N)n1.ClC(Cl)Cl.ClC(Cl)Cl.ClC(Cl)Cl.ClC(Cl)Cl.O=C(/C=C(\[O-])C(F)(F)F)C(F)(F)F.O=C(/C=C(\[O-])C(F)(F)F)C(F)(F)F.O=C(/C=C(\[O-])C(F)(F)F)C(F)(F)F.O=C(/C=C(\[O-])C(F)(F)F)C(F)(F)F.[Cu+2].[Cu+2]. The van der Waals surface area contributed by atoms with Crippen LogP contribution >= 0.6 is 139 Å². The summed E-state index contributed by atoms with van der Waals surface area (Å²) >= 11 is 57.7. The average Bonchev–Trinajstić information content (AvgIpc) is 0.833. The van der Waals surface area contributed by atoms with E-state index in [0.717, 1.165) is 22.3 Å². The molecule has 0 saturated carbocycles. The van der Waals surface area contributed by atoms with Gasteiger partial charge < -0.3 is 62.3 Å². The van der Waals surface area contributed by atoms with E-state index in [1.54, 1.807) is 73.8 Å². The molecule has 8 aromatic rings. The molecule has 8 aromatic heterocycles. The summed E-state index contributed by atoms with van der Waals surface area (Å²) in [6, 6.07) is 21.8. The number of ketones is 4. The number of hydrogen-bond acceptors (Lipinski definition) is 28. The van der Waals surface area contributed by atoms with Crippen molar-refractivity contribution < 1.29 is 198 Å². The topological polar surface area (TPSA) is 456 Å². The first-order valence-electron chi connectivity index (χ1n) is 30.6. The van der Waals surface area contributed by atoms with Gasteiger partial charge in [0.15, 0.2) is 17.2 Å². The third-order valence-electron chi connectivity index (χ3n) is 10.8. The number of nitrogens with zero attached hydrogens (tertiary/aromatic N) is 12. The number of nitrogen functional groups attached to an aromatic ring is 4. The Balaban J connectivity index is -0.000000329. The van der Waals surface area contributed by atoms with Crippen molar-refractivity contribution in [3.8, 4) is 68.5 Å². The van der Waals surface area contributed by atoms with Crippen LogP contribution in [0.2, 0.25) is 0 Å². The van der Waals surface area contributed by atoms with Gasteiger partial charge in [-0.25, -0.2) is 19.9 Å². The molecule has 730 valence electrons. The molecule has 0 aliphatic carbocycles. The Bertz CT molecular complexity index is 4180. The van der Waals surface area contributed by atoms with Crippen LogP contribution in [0, 0.1) is 0 Å². The molecule has 8 heterocycles. The van der Waals surface area contributed by atoms with Gasteiger partial charge in [0.25, 0.3) is 23.1 Å². The number of carbonyl (C=O) groups is 4. The van der Waals surface area contributed by atoms with Crippen LogP contribution in [-0.4, -0.2) is 178 Å². The summed E-state index contributed by atoms with van der Waals surface area (Å²) in [5, 5.41) is 39.3. The zero-order chi connectivity index (χ0) is 100. The molecule has 0 aliphatic rings. The van der Waals surface area contributed by atoms with E-state index in [4.69, 9.17) is 181 Å². The van der Waals surface area contributed by atoms with Crippen molar-refractivity contribution in [2.24, 2.45) is 0 Å². The van der Waals surface area contributed by atoms with E-state index in [0.29, 0.717) is 46.3 Å². The second-order valence-corrected chi connectivity index (χ2v) is 28.0. The Morgan fingerprint density at radius 2 is 0.431 bits per heavy atom. The molecule has 0 amide bonds. The minimum atomic E-state index is -5.46.